The molecule has 0 aliphatic carbocycles. The van der Waals surface area contributed by atoms with Crippen molar-refractivity contribution >= 4 is 22.7 Å². The lowest BCUT2D eigenvalue weighted by Gasteiger charge is -2.13. The molecular formula is C18H12F2N4O2S. The number of halogens is 2. The number of aromatic nitrogens is 4. The summed E-state index contributed by atoms with van der Waals surface area (Å²) < 4.78 is 34.2. The van der Waals surface area contributed by atoms with Crippen LogP contribution in [0.25, 0.3) is 16.6 Å². The lowest BCUT2D eigenvalue weighted by molar-refractivity contribution is 0.485. The number of hydrogen-bond donors (Lipinski definition) is 0. The number of rotatable bonds is 4. The average Bonchev–Trinajstić information content (AvgIpc) is 3.06. The van der Waals surface area contributed by atoms with Gasteiger partial charge in [-0.25, -0.2) is 13.8 Å². The van der Waals surface area contributed by atoms with Crippen LogP contribution in [0.3, 0.4) is 0 Å². The second kappa shape index (κ2) is 6.92. The van der Waals surface area contributed by atoms with Crippen molar-refractivity contribution in [3.63, 3.8) is 0 Å². The Morgan fingerprint density at radius 1 is 1.15 bits per heavy atom. The summed E-state index contributed by atoms with van der Waals surface area (Å²) in [6, 6.07) is 9.80. The highest BCUT2D eigenvalue weighted by Crippen LogP contribution is 2.25. The Morgan fingerprint density at radius 3 is 2.70 bits per heavy atom. The van der Waals surface area contributed by atoms with Gasteiger partial charge in [0.1, 0.15) is 11.6 Å². The molecular weight excluding hydrogens is 374 g/mol. The van der Waals surface area contributed by atoms with Gasteiger partial charge in [-0.3, -0.25) is 9.36 Å². The Labute approximate surface area is 155 Å². The van der Waals surface area contributed by atoms with E-state index in [0.717, 1.165) is 28.5 Å². The molecule has 2 heterocycles. The number of thioether (sulfide) groups is 1. The fourth-order valence-corrected chi connectivity index (χ4v) is 3.45. The van der Waals surface area contributed by atoms with Crippen molar-refractivity contribution in [1.29, 1.82) is 0 Å². The van der Waals surface area contributed by atoms with Crippen LogP contribution in [0, 0.1) is 18.6 Å². The van der Waals surface area contributed by atoms with E-state index in [9.17, 15) is 13.6 Å². The molecule has 0 radical (unpaired) electrons. The van der Waals surface area contributed by atoms with Crippen molar-refractivity contribution in [3.05, 3.63) is 76.2 Å². The largest absolute Gasteiger partial charge is 0.425 e. The number of hydrogen-bond acceptors (Lipinski definition) is 6. The summed E-state index contributed by atoms with van der Waals surface area (Å²) in [5.74, 6) is -0.572. The Morgan fingerprint density at radius 2 is 1.96 bits per heavy atom. The summed E-state index contributed by atoms with van der Waals surface area (Å²) in [5.41, 5.74) is -0.0512. The minimum Gasteiger partial charge on any atom is -0.425 e. The molecule has 4 aromatic rings. The van der Waals surface area contributed by atoms with Crippen molar-refractivity contribution in [2.45, 2.75) is 17.8 Å². The van der Waals surface area contributed by atoms with E-state index in [0.29, 0.717) is 22.7 Å². The summed E-state index contributed by atoms with van der Waals surface area (Å²) in [7, 11) is 0. The molecule has 2 aromatic heterocycles. The molecule has 0 N–H and O–H groups in total. The molecule has 0 aliphatic heterocycles. The van der Waals surface area contributed by atoms with Crippen molar-refractivity contribution in [2.75, 3.05) is 0 Å². The van der Waals surface area contributed by atoms with Gasteiger partial charge in [0.2, 0.25) is 11.8 Å². The molecule has 0 fully saturated rings. The quantitative estimate of drug-likeness (QED) is 0.394. The number of aryl methyl sites for hydroxylation is 1. The number of nitrogens with zero attached hydrogens (tertiary/aromatic N) is 4. The van der Waals surface area contributed by atoms with Gasteiger partial charge in [-0.05, 0) is 24.3 Å². The summed E-state index contributed by atoms with van der Waals surface area (Å²) in [6.07, 6.45) is 0. The molecule has 2 aromatic carbocycles. The van der Waals surface area contributed by atoms with Crippen LogP contribution in [0.5, 0.6) is 0 Å². The van der Waals surface area contributed by atoms with Gasteiger partial charge in [0.25, 0.3) is 5.56 Å². The Kier molecular flexibility index (Phi) is 4.44. The SMILES string of the molecule is Cc1nnc(CSc2nc3ccccc3c(=O)n2-c2ccc(F)cc2F)o1. The van der Waals surface area contributed by atoms with Crippen LogP contribution in [0.4, 0.5) is 8.78 Å². The number of fused-ring (bicyclic) bond motifs is 1. The molecule has 0 spiro atoms. The first kappa shape index (κ1) is 17.3. The fraction of sp³-hybridized carbons (Fsp3) is 0.111. The molecule has 27 heavy (non-hydrogen) atoms. The first-order valence-corrected chi connectivity index (χ1v) is 8.90. The third kappa shape index (κ3) is 3.33. The van der Waals surface area contributed by atoms with Gasteiger partial charge < -0.3 is 4.42 Å². The first-order chi connectivity index (χ1) is 13.0. The van der Waals surface area contributed by atoms with Gasteiger partial charge in [0.15, 0.2) is 5.16 Å². The van der Waals surface area contributed by atoms with Crippen LogP contribution in [-0.4, -0.2) is 19.7 Å². The summed E-state index contributed by atoms with van der Waals surface area (Å²) >= 11 is 1.15. The van der Waals surface area contributed by atoms with Gasteiger partial charge in [-0.15, -0.1) is 10.2 Å². The monoisotopic (exact) mass is 386 g/mol. The minimum atomic E-state index is -0.857. The highest BCUT2D eigenvalue weighted by molar-refractivity contribution is 7.98. The second-order valence-corrected chi connectivity index (χ2v) is 6.59. The van der Waals surface area contributed by atoms with Crippen LogP contribution in [0.2, 0.25) is 0 Å². The molecule has 0 saturated carbocycles. The average molecular weight is 386 g/mol. The van der Waals surface area contributed by atoms with E-state index in [-0.39, 0.29) is 16.6 Å². The maximum Gasteiger partial charge on any atom is 0.266 e. The van der Waals surface area contributed by atoms with E-state index in [1.165, 1.54) is 6.07 Å². The lowest BCUT2D eigenvalue weighted by Crippen LogP contribution is -2.22. The summed E-state index contributed by atoms with van der Waals surface area (Å²) in [5, 5.41) is 8.22. The molecule has 6 nitrogen and oxygen atoms in total. The maximum absolute atomic E-state index is 14.4. The molecule has 0 amide bonds. The highest BCUT2D eigenvalue weighted by Gasteiger charge is 2.17. The zero-order valence-corrected chi connectivity index (χ0v) is 14.8. The van der Waals surface area contributed by atoms with Gasteiger partial charge in [0.05, 0.1) is 22.3 Å². The topological polar surface area (TPSA) is 73.8 Å². The van der Waals surface area contributed by atoms with E-state index < -0.39 is 17.2 Å². The summed E-state index contributed by atoms with van der Waals surface area (Å²) in [4.78, 5) is 17.5. The van der Waals surface area contributed by atoms with Crippen molar-refractivity contribution in [1.82, 2.24) is 19.7 Å². The van der Waals surface area contributed by atoms with Crippen LogP contribution in [0.1, 0.15) is 11.8 Å². The van der Waals surface area contributed by atoms with Gasteiger partial charge in [-0.2, -0.15) is 0 Å². The van der Waals surface area contributed by atoms with Crippen LogP contribution in [0.15, 0.2) is 56.8 Å². The summed E-state index contributed by atoms with van der Waals surface area (Å²) in [6.45, 7) is 1.67. The smallest absolute Gasteiger partial charge is 0.266 e. The maximum atomic E-state index is 14.4. The van der Waals surface area contributed by atoms with E-state index >= 15 is 0 Å². The van der Waals surface area contributed by atoms with Gasteiger partial charge in [0, 0.05) is 13.0 Å². The molecule has 0 aliphatic rings. The van der Waals surface area contributed by atoms with E-state index in [4.69, 9.17) is 4.42 Å². The van der Waals surface area contributed by atoms with E-state index in [2.05, 4.69) is 15.2 Å². The third-order valence-electron chi connectivity index (χ3n) is 3.79. The van der Waals surface area contributed by atoms with Crippen LogP contribution < -0.4 is 5.56 Å². The minimum absolute atomic E-state index is 0.0798. The molecule has 0 unspecified atom stereocenters. The molecule has 9 heteroatoms. The Hall–Kier alpha value is -3.07. The highest BCUT2D eigenvalue weighted by atomic mass is 32.2. The molecule has 0 atom stereocenters. The second-order valence-electron chi connectivity index (χ2n) is 5.65. The van der Waals surface area contributed by atoms with Crippen molar-refractivity contribution in [3.8, 4) is 5.69 Å². The van der Waals surface area contributed by atoms with Crippen LogP contribution in [-0.2, 0) is 5.75 Å². The van der Waals surface area contributed by atoms with E-state index in [1.807, 2.05) is 0 Å². The fourth-order valence-electron chi connectivity index (χ4n) is 2.61. The number of para-hydroxylation sites is 1. The number of benzene rings is 2. The zero-order chi connectivity index (χ0) is 19.0. The molecule has 0 bridgehead atoms. The molecule has 136 valence electrons. The first-order valence-electron chi connectivity index (χ1n) is 7.92. The standard InChI is InChI=1S/C18H12F2N4O2S/c1-10-22-23-16(26-10)9-27-18-21-14-5-3-2-4-12(14)17(25)24(18)15-7-6-11(19)8-13(15)20/h2-8H,9H2,1H3. The Balaban J connectivity index is 1.88. The normalized spacial score (nSPS) is 11.2. The van der Waals surface area contributed by atoms with Gasteiger partial charge in [-0.1, -0.05) is 23.9 Å². The van der Waals surface area contributed by atoms with E-state index in [1.54, 1.807) is 31.2 Å². The lowest BCUT2D eigenvalue weighted by atomic mass is 10.2. The molecule has 0 saturated heterocycles. The third-order valence-corrected chi connectivity index (χ3v) is 4.71. The molecule has 4 rings (SSSR count). The predicted octanol–water partition coefficient (Wildman–Crippen LogP) is 3.65. The predicted molar refractivity (Wildman–Crippen MR) is 95.9 cm³/mol. The van der Waals surface area contributed by atoms with Crippen molar-refractivity contribution in [2.24, 2.45) is 0 Å². The van der Waals surface area contributed by atoms with Gasteiger partial charge >= 0.3 is 0 Å². The zero-order valence-electron chi connectivity index (χ0n) is 14.0. The van der Waals surface area contributed by atoms with Crippen molar-refractivity contribution < 1.29 is 13.2 Å². The van der Waals surface area contributed by atoms with Crippen LogP contribution >= 0.6 is 11.8 Å². The Bertz CT molecular complexity index is 1210.